The van der Waals surface area contributed by atoms with Crippen LogP contribution in [-0.4, -0.2) is 25.1 Å². The Bertz CT molecular complexity index is 1220. The zero-order valence-electron chi connectivity index (χ0n) is 17.5. The first-order valence-electron chi connectivity index (χ1n) is 9.75. The van der Waals surface area contributed by atoms with Crippen LogP contribution in [0.3, 0.4) is 0 Å². The highest BCUT2D eigenvalue weighted by Crippen LogP contribution is 2.35. The predicted molar refractivity (Wildman–Crippen MR) is 120 cm³/mol. The molecule has 0 aliphatic rings. The molecule has 0 unspecified atom stereocenters. The standard InChI is InChI=1S/C25H22N2O4/c1-16-22(13-18-14-23(29-2)24(30-3)15-21(18)26-16)31-20-11-9-19(10-12-20)27-25(28)17-7-5-4-6-8-17/h4-15H,1-3H3,(H,27,28). The molecule has 6 nitrogen and oxygen atoms in total. The van der Waals surface area contributed by atoms with Crippen LogP contribution in [0.25, 0.3) is 10.9 Å². The maximum absolute atomic E-state index is 12.3. The summed E-state index contributed by atoms with van der Waals surface area (Å²) >= 11 is 0. The van der Waals surface area contributed by atoms with Crippen LogP contribution in [0.2, 0.25) is 0 Å². The lowest BCUT2D eigenvalue weighted by atomic mass is 10.1. The number of amides is 1. The van der Waals surface area contributed by atoms with Gasteiger partial charge in [0.05, 0.1) is 25.4 Å². The van der Waals surface area contributed by atoms with Crippen LogP contribution in [0.1, 0.15) is 16.1 Å². The highest BCUT2D eigenvalue weighted by molar-refractivity contribution is 6.04. The fourth-order valence-electron chi connectivity index (χ4n) is 3.21. The Balaban J connectivity index is 1.53. The van der Waals surface area contributed by atoms with E-state index in [0.29, 0.717) is 34.2 Å². The number of ether oxygens (including phenoxy) is 3. The molecule has 0 aliphatic carbocycles. The van der Waals surface area contributed by atoms with Crippen molar-refractivity contribution in [3.8, 4) is 23.0 Å². The van der Waals surface area contributed by atoms with E-state index in [1.54, 1.807) is 50.6 Å². The number of hydrogen-bond donors (Lipinski definition) is 1. The molecule has 3 aromatic carbocycles. The van der Waals surface area contributed by atoms with Crippen molar-refractivity contribution >= 4 is 22.5 Å². The van der Waals surface area contributed by atoms with Crippen LogP contribution in [0.4, 0.5) is 5.69 Å². The van der Waals surface area contributed by atoms with E-state index in [1.807, 2.05) is 43.3 Å². The van der Waals surface area contributed by atoms with E-state index in [1.165, 1.54) is 0 Å². The van der Waals surface area contributed by atoms with Gasteiger partial charge in [-0.15, -0.1) is 0 Å². The number of pyridine rings is 1. The van der Waals surface area contributed by atoms with Crippen LogP contribution in [0.15, 0.2) is 72.8 Å². The number of benzene rings is 3. The summed E-state index contributed by atoms with van der Waals surface area (Å²) in [5.74, 6) is 2.38. The molecule has 1 aromatic heterocycles. The van der Waals surface area contributed by atoms with E-state index in [9.17, 15) is 4.79 Å². The van der Waals surface area contributed by atoms with Crippen molar-refractivity contribution in [2.45, 2.75) is 6.92 Å². The average Bonchev–Trinajstić information content (AvgIpc) is 2.80. The van der Waals surface area contributed by atoms with E-state index < -0.39 is 0 Å². The molecule has 0 saturated carbocycles. The third-order valence-electron chi connectivity index (χ3n) is 4.84. The van der Waals surface area contributed by atoms with Crippen molar-refractivity contribution in [3.63, 3.8) is 0 Å². The smallest absolute Gasteiger partial charge is 0.255 e. The number of rotatable bonds is 6. The number of aromatic nitrogens is 1. The fraction of sp³-hybridized carbons (Fsp3) is 0.120. The van der Waals surface area contributed by atoms with E-state index in [-0.39, 0.29) is 5.91 Å². The molecule has 4 rings (SSSR count). The number of anilines is 1. The number of methoxy groups -OCH3 is 2. The van der Waals surface area contributed by atoms with Gasteiger partial charge in [-0.25, -0.2) is 4.98 Å². The quantitative estimate of drug-likeness (QED) is 0.444. The van der Waals surface area contributed by atoms with Crippen molar-refractivity contribution in [2.24, 2.45) is 0 Å². The fourth-order valence-corrected chi connectivity index (χ4v) is 3.21. The molecule has 0 radical (unpaired) electrons. The van der Waals surface area contributed by atoms with Gasteiger partial charge in [0.15, 0.2) is 11.5 Å². The van der Waals surface area contributed by atoms with Crippen LogP contribution >= 0.6 is 0 Å². The van der Waals surface area contributed by atoms with Crippen molar-refractivity contribution in [3.05, 3.63) is 84.1 Å². The molecule has 31 heavy (non-hydrogen) atoms. The topological polar surface area (TPSA) is 69.7 Å². The molecule has 1 amide bonds. The predicted octanol–water partition coefficient (Wildman–Crippen LogP) is 5.61. The minimum Gasteiger partial charge on any atom is -0.493 e. The number of nitrogens with one attached hydrogen (secondary N) is 1. The minimum atomic E-state index is -0.159. The van der Waals surface area contributed by atoms with Gasteiger partial charge < -0.3 is 19.5 Å². The van der Waals surface area contributed by atoms with E-state index in [0.717, 1.165) is 16.6 Å². The Morgan fingerprint density at radius 2 is 1.48 bits per heavy atom. The van der Waals surface area contributed by atoms with E-state index in [2.05, 4.69) is 10.3 Å². The maximum Gasteiger partial charge on any atom is 0.255 e. The second kappa shape index (κ2) is 8.75. The lowest BCUT2D eigenvalue weighted by Gasteiger charge is -2.13. The molecular formula is C25H22N2O4. The molecule has 0 spiro atoms. The number of aryl methyl sites for hydroxylation is 1. The lowest BCUT2D eigenvalue weighted by Crippen LogP contribution is -2.11. The van der Waals surface area contributed by atoms with Crippen molar-refractivity contribution in [1.82, 2.24) is 4.98 Å². The third-order valence-corrected chi connectivity index (χ3v) is 4.84. The van der Waals surface area contributed by atoms with Gasteiger partial charge in [-0.05, 0) is 55.5 Å². The molecule has 4 aromatic rings. The molecule has 0 bridgehead atoms. The Morgan fingerprint density at radius 1 is 0.839 bits per heavy atom. The van der Waals surface area contributed by atoms with Gasteiger partial charge in [0, 0.05) is 22.7 Å². The van der Waals surface area contributed by atoms with Gasteiger partial charge in [-0.3, -0.25) is 4.79 Å². The molecule has 1 N–H and O–H groups in total. The summed E-state index contributed by atoms with van der Waals surface area (Å²) in [5.41, 5.74) is 2.83. The van der Waals surface area contributed by atoms with Crippen LogP contribution < -0.4 is 19.5 Å². The summed E-state index contributed by atoms with van der Waals surface area (Å²) in [6.45, 7) is 1.89. The number of carbonyl (C=O) groups is 1. The second-order valence-electron chi connectivity index (χ2n) is 6.92. The van der Waals surface area contributed by atoms with E-state index >= 15 is 0 Å². The van der Waals surface area contributed by atoms with Gasteiger partial charge in [0.1, 0.15) is 11.5 Å². The number of hydrogen-bond acceptors (Lipinski definition) is 5. The molecule has 0 atom stereocenters. The lowest BCUT2D eigenvalue weighted by molar-refractivity contribution is 0.102. The average molecular weight is 414 g/mol. The maximum atomic E-state index is 12.3. The number of nitrogens with zero attached hydrogens (tertiary/aromatic N) is 1. The normalized spacial score (nSPS) is 10.5. The van der Waals surface area contributed by atoms with Gasteiger partial charge in [-0.2, -0.15) is 0 Å². The van der Waals surface area contributed by atoms with Crippen molar-refractivity contribution < 1.29 is 19.0 Å². The second-order valence-corrected chi connectivity index (χ2v) is 6.92. The summed E-state index contributed by atoms with van der Waals surface area (Å²) in [6, 6.07) is 21.9. The molecule has 6 heteroatoms. The first kappa shape index (κ1) is 20.2. The molecule has 1 heterocycles. The molecule has 0 aliphatic heterocycles. The highest BCUT2D eigenvalue weighted by Gasteiger charge is 2.11. The van der Waals surface area contributed by atoms with Crippen LogP contribution in [0, 0.1) is 6.92 Å². The monoisotopic (exact) mass is 414 g/mol. The Morgan fingerprint density at radius 3 is 2.16 bits per heavy atom. The number of fused-ring (bicyclic) bond motifs is 1. The Labute approximate surface area is 180 Å². The molecular weight excluding hydrogens is 392 g/mol. The molecule has 0 saturated heterocycles. The number of carbonyl (C=O) groups excluding carboxylic acids is 1. The highest BCUT2D eigenvalue weighted by atomic mass is 16.5. The SMILES string of the molecule is COc1cc2cc(Oc3ccc(NC(=O)c4ccccc4)cc3)c(C)nc2cc1OC. The van der Waals surface area contributed by atoms with Gasteiger partial charge in [0.2, 0.25) is 0 Å². The Kier molecular flexibility index (Phi) is 5.71. The third kappa shape index (κ3) is 4.43. The molecule has 156 valence electrons. The first-order valence-corrected chi connectivity index (χ1v) is 9.75. The van der Waals surface area contributed by atoms with E-state index in [4.69, 9.17) is 14.2 Å². The summed E-state index contributed by atoms with van der Waals surface area (Å²) in [4.78, 5) is 16.9. The summed E-state index contributed by atoms with van der Waals surface area (Å²) in [7, 11) is 3.20. The Hall–Kier alpha value is -4.06. The van der Waals surface area contributed by atoms with Crippen LogP contribution in [-0.2, 0) is 0 Å². The van der Waals surface area contributed by atoms with Crippen molar-refractivity contribution in [1.29, 1.82) is 0 Å². The van der Waals surface area contributed by atoms with Gasteiger partial charge in [0.25, 0.3) is 5.91 Å². The zero-order valence-corrected chi connectivity index (χ0v) is 17.5. The van der Waals surface area contributed by atoms with Crippen LogP contribution in [0.5, 0.6) is 23.0 Å². The van der Waals surface area contributed by atoms with Gasteiger partial charge in [-0.1, -0.05) is 18.2 Å². The minimum absolute atomic E-state index is 0.159. The first-order chi connectivity index (χ1) is 15.1. The van der Waals surface area contributed by atoms with Crippen molar-refractivity contribution in [2.75, 3.05) is 19.5 Å². The summed E-state index contributed by atoms with van der Waals surface area (Å²) in [5, 5.41) is 3.76. The van der Waals surface area contributed by atoms with Gasteiger partial charge >= 0.3 is 0 Å². The molecule has 0 fully saturated rings. The largest absolute Gasteiger partial charge is 0.493 e. The summed E-state index contributed by atoms with van der Waals surface area (Å²) in [6.07, 6.45) is 0. The summed E-state index contributed by atoms with van der Waals surface area (Å²) < 4.78 is 16.8. The zero-order chi connectivity index (χ0) is 21.8.